The molecule has 3 aliphatic rings. The third-order valence-corrected chi connectivity index (χ3v) is 9.81. The van der Waals surface area contributed by atoms with E-state index >= 15 is 0 Å². The van der Waals surface area contributed by atoms with Crippen LogP contribution in [-0.4, -0.2) is 89.9 Å². The number of hydrogen-bond donors (Lipinski definition) is 2. The average Bonchev–Trinajstić information content (AvgIpc) is 3.50. The molecule has 2 saturated heterocycles. The Labute approximate surface area is 263 Å². The minimum absolute atomic E-state index is 0.00835. The normalized spacial score (nSPS) is 22.3. The number of piperidine rings is 1. The molecule has 0 radical (unpaired) electrons. The molecule has 0 aliphatic carbocycles. The quantitative estimate of drug-likeness (QED) is 0.410. The highest BCUT2D eigenvalue weighted by Gasteiger charge is 2.38. The maximum Gasteiger partial charge on any atom is 0.245 e. The van der Waals surface area contributed by atoms with Crippen LogP contribution in [0.3, 0.4) is 0 Å². The van der Waals surface area contributed by atoms with Gasteiger partial charge in [-0.3, -0.25) is 14.5 Å². The molecule has 8 heteroatoms. The van der Waals surface area contributed by atoms with Crippen LogP contribution in [0.5, 0.6) is 0 Å². The molecule has 0 spiro atoms. The highest BCUT2D eigenvalue weighted by molar-refractivity contribution is 6.30. The number of carbonyl (C=O) groups is 2. The van der Waals surface area contributed by atoms with Crippen LogP contribution >= 0.6 is 11.6 Å². The van der Waals surface area contributed by atoms with Crippen molar-refractivity contribution in [2.45, 2.75) is 90.0 Å². The Morgan fingerprint density at radius 2 is 1.67 bits per heavy atom. The summed E-state index contributed by atoms with van der Waals surface area (Å²) >= 11 is 6.16. The molecule has 3 aliphatic heterocycles. The third-order valence-electron chi connectivity index (χ3n) is 9.56. The highest BCUT2D eigenvalue weighted by Crippen LogP contribution is 2.27. The van der Waals surface area contributed by atoms with Gasteiger partial charge in [-0.1, -0.05) is 61.8 Å². The Morgan fingerprint density at radius 1 is 0.977 bits per heavy atom. The zero-order chi connectivity index (χ0) is 30.5. The Kier molecular flexibility index (Phi) is 10.8. The molecule has 234 valence electrons. The lowest BCUT2D eigenvalue weighted by Crippen LogP contribution is -2.54. The first-order valence-corrected chi connectivity index (χ1v) is 16.7. The second kappa shape index (κ2) is 14.6. The number of nitrogens with one attached hydrogen (secondary N) is 2. The number of nitrogens with zero attached hydrogens (tertiary/aromatic N) is 3. The predicted octanol–water partition coefficient (Wildman–Crippen LogP) is 4.69. The Balaban J connectivity index is 1.30. The molecular weight excluding hydrogens is 558 g/mol. The molecule has 2 aromatic carbocycles. The molecule has 43 heavy (non-hydrogen) atoms. The lowest BCUT2D eigenvalue weighted by atomic mass is 9.93. The van der Waals surface area contributed by atoms with Crippen LogP contribution in [0.4, 0.5) is 0 Å². The van der Waals surface area contributed by atoms with E-state index in [1.165, 1.54) is 18.4 Å². The molecule has 3 atom stereocenters. The van der Waals surface area contributed by atoms with Crippen molar-refractivity contribution in [3.05, 3.63) is 70.2 Å². The van der Waals surface area contributed by atoms with Crippen LogP contribution in [0.2, 0.25) is 5.02 Å². The van der Waals surface area contributed by atoms with Gasteiger partial charge in [0.05, 0.1) is 0 Å². The monoisotopic (exact) mass is 607 g/mol. The molecule has 2 aromatic rings. The van der Waals surface area contributed by atoms with Crippen LogP contribution in [0.15, 0.2) is 48.5 Å². The summed E-state index contributed by atoms with van der Waals surface area (Å²) in [5.74, 6) is 0.429. The minimum atomic E-state index is -0.642. The van der Waals surface area contributed by atoms with E-state index in [0.29, 0.717) is 42.0 Å². The molecule has 0 saturated carbocycles. The topological polar surface area (TPSA) is 67.9 Å². The van der Waals surface area contributed by atoms with Gasteiger partial charge in [0.15, 0.2) is 0 Å². The molecule has 0 bridgehead atoms. The third kappa shape index (κ3) is 7.99. The van der Waals surface area contributed by atoms with Crippen molar-refractivity contribution in [2.75, 3.05) is 39.3 Å². The van der Waals surface area contributed by atoms with E-state index in [4.69, 9.17) is 11.6 Å². The van der Waals surface area contributed by atoms with Gasteiger partial charge in [0, 0.05) is 55.7 Å². The molecule has 2 N–H and O–H groups in total. The fraction of sp³-hybridized carbons (Fsp3) is 0.600. The van der Waals surface area contributed by atoms with Crippen molar-refractivity contribution < 1.29 is 9.59 Å². The number of carbonyl (C=O) groups excluding carboxylic acids is 2. The zero-order valence-corrected chi connectivity index (χ0v) is 27.2. The van der Waals surface area contributed by atoms with Gasteiger partial charge in [-0.15, -0.1) is 0 Å². The van der Waals surface area contributed by atoms with Crippen molar-refractivity contribution in [3.63, 3.8) is 0 Å². The van der Waals surface area contributed by atoms with E-state index in [2.05, 4.69) is 54.2 Å². The maximum atomic E-state index is 14.2. The maximum absolute atomic E-state index is 14.2. The smallest absolute Gasteiger partial charge is 0.245 e. The fourth-order valence-corrected chi connectivity index (χ4v) is 7.36. The lowest BCUT2D eigenvalue weighted by Gasteiger charge is -2.43. The molecule has 5 rings (SSSR count). The van der Waals surface area contributed by atoms with E-state index < -0.39 is 12.1 Å². The van der Waals surface area contributed by atoms with Gasteiger partial charge in [-0.25, -0.2) is 0 Å². The number of likely N-dealkylation sites (tertiary alicyclic amines) is 2. The van der Waals surface area contributed by atoms with Gasteiger partial charge in [-0.05, 0) is 87.4 Å². The molecule has 7 nitrogen and oxygen atoms in total. The summed E-state index contributed by atoms with van der Waals surface area (Å²) in [4.78, 5) is 35.2. The Hall–Kier alpha value is -2.45. The van der Waals surface area contributed by atoms with E-state index in [0.717, 1.165) is 56.7 Å². The van der Waals surface area contributed by atoms with Gasteiger partial charge in [0.2, 0.25) is 11.8 Å². The van der Waals surface area contributed by atoms with E-state index in [9.17, 15) is 9.59 Å². The van der Waals surface area contributed by atoms with Crippen LogP contribution in [0.1, 0.15) is 69.7 Å². The van der Waals surface area contributed by atoms with Gasteiger partial charge < -0.3 is 20.4 Å². The summed E-state index contributed by atoms with van der Waals surface area (Å²) in [6, 6.07) is 16.1. The predicted molar refractivity (Wildman–Crippen MR) is 174 cm³/mol. The number of halogens is 1. The van der Waals surface area contributed by atoms with Crippen molar-refractivity contribution in [2.24, 2.45) is 5.92 Å². The number of amides is 2. The lowest BCUT2D eigenvalue weighted by molar-refractivity contribution is -0.136. The summed E-state index contributed by atoms with van der Waals surface area (Å²) < 4.78 is 0. The summed E-state index contributed by atoms with van der Waals surface area (Å²) in [5.41, 5.74) is 3.17. The van der Waals surface area contributed by atoms with Crippen LogP contribution in [0.25, 0.3) is 0 Å². The van der Waals surface area contributed by atoms with Gasteiger partial charge in [-0.2, -0.15) is 0 Å². The van der Waals surface area contributed by atoms with Crippen molar-refractivity contribution in [3.8, 4) is 0 Å². The second-order valence-electron chi connectivity index (χ2n) is 13.4. The van der Waals surface area contributed by atoms with Crippen LogP contribution < -0.4 is 10.6 Å². The van der Waals surface area contributed by atoms with Crippen molar-refractivity contribution in [1.82, 2.24) is 25.3 Å². The molecule has 3 heterocycles. The van der Waals surface area contributed by atoms with Crippen molar-refractivity contribution in [1.29, 1.82) is 0 Å². The van der Waals surface area contributed by atoms with Crippen LogP contribution in [0, 0.1) is 5.92 Å². The number of hydrogen-bond acceptors (Lipinski definition) is 5. The molecule has 0 aromatic heterocycles. The van der Waals surface area contributed by atoms with Gasteiger partial charge in [0.25, 0.3) is 0 Å². The van der Waals surface area contributed by atoms with E-state index in [1.54, 1.807) is 0 Å². The first-order chi connectivity index (χ1) is 20.7. The second-order valence-corrected chi connectivity index (χ2v) is 13.8. The van der Waals surface area contributed by atoms with Gasteiger partial charge in [0.1, 0.15) is 12.1 Å². The summed E-state index contributed by atoms with van der Waals surface area (Å²) in [6.07, 6.45) is 4.66. The summed E-state index contributed by atoms with van der Waals surface area (Å²) in [5, 5.41) is 7.22. The Bertz CT molecular complexity index is 1230. The SMILES string of the molecule is CC(C)CN(C1CCN(C(C)C)CC1)C1CCN(C(=O)C(Cc2ccc(Cl)cc2)NC(=O)C2NCCc3ccccc32)C1. The van der Waals surface area contributed by atoms with Crippen LogP contribution in [-0.2, 0) is 22.4 Å². The number of rotatable bonds is 10. The minimum Gasteiger partial charge on any atom is -0.342 e. The number of fused-ring (bicyclic) bond motifs is 1. The summed E-state index contributed by atoms with van der Waals surface area (Å²) in [6.45, 7) is 14.7. The average molecular weight is 608 g/mol. The molecule has 3 unspecified atom stereocenters. The highest BCUT2D eigenvalue weighted by atomic mass is 35.5. The first kappa shape index (κ1) is 32.0. The summed E-state index contributed by atoms with van der Waals surface area (Å²) in [7, 11) is 0. The number of benzene rings is 2. The Morgan fingerprint density at radius 3 is 2.37 bits per heavy atom. The van der Waals surface area contributed by atoms with E-state index in [-0.39, 0.29) is 11.8 Å². The van der Waals surface area contributed by atoms with Gasteiger partial charge >= 0.3 is 0 Å². The first-order valence-electron chi connectivity index (χ1n) is 16.3. The fourth-order valence-electron chi connectivity index (χ4n) is 7.23. The zero-order valence-electron chi connectivity index (χ0n) is 26.4. The molecule has 2 fully saturated rings. The van der Waals surface area contributed by atoms with Crippen molar-refractivity contribution >= 4 is 23.4 Å². The largest absolute Gasteiger partial charge is 0.342 e. The molecular formula is C35H50ClN5O2. The molecule has 2 amide bonds. The standard InChI is InChI=1S/C35H50ClN5O2/c1-24(2)22-41(29-14-18-39(19-15-29)25(3)4)30-16-20-40(23-30)35(43)32(21-26-9-11-28(36)12-10-26)38-34(42)33-31-8-6-5-7-27(31)13-17-37-33/h5-12,24-25,29-30,32-33,37H,13-23H2,1-4H3,(H,38,42). The van der Waals surface area contributed by atoms with E-state index in [1.807, 2.05) is 47.4 Å².